The quantitative estimate of drug-likeness (QED) is 0.786. The van der Waals surface area contributed by atoms with Gasteiger partial charge in [-0.25, -0.2) is 0 Å². The van der Waals surface area contributed by atoms with Crippen LogP contribution in [-0.4, -0.2) is 18.4 Å². The molecule has 4 nitrogen and oxygen atoms in total. The van der Waals surface area contributed by atoms with E-state index in [-0.39, 0.29) is 18.2 Å². The number of hydrogen-bond acceptors (Lipinski definition) is 2. The number of benzene rings is 2. The number of nitrogens with two attached hydrogens (primary N) is 1. The second kappa shape index (κ2) is 4.70. The zero-order valence-electron chi connectivity index (χ0n) is 12.1. The zero-order valence-corrected chi connectivity index (χ0v) is 12.1. The Kier molecular flexibility index (Phi) is 2.79. The molecular formula is C18H16N2O2. The van der Waals surface area contributed by atoms with Crippen LogP contribution >= 0.6 is 0 Å². The summed E-state index contributed by atoms with van der Waals surface area (Å²) in [5.41, 5.74) is 11.2. The summed E-state index contributed by atoms with van der Waals surface area (Å²) in [6.07, 6.45) is 1.10. The van der Waals surface area contributed by atoms with Gasteiger partial charge in [0.05, 0.1) is 5.92 Å². The molecule has 1 heterocycles. The summed E-state index contributed by atoms with van der Waals surface area (Å²) < 4.78 is 0. The fourth-order valence-electron chi connectivity index (χ4n) is 3.45. The third-order valence-corrected chi connectivity index (χ3v) is 4.62. The van der Waals surface area contributed by atoms with Gasteiger partial charge in [0.25, 0.3) is 0 Å². The molecule has 0 saturated carbocycles. The summed E-state index contributed by atoms with van der Waals surface area (Å²) in [6, 6.07) is 14.5. The average molecular weight is 292 g/mol. The second-order valence-corrected chi connectivity index (χ2v) is 5.98. The molecule has 1 saturated heterocycles. The van der Waals surface area contributed by atoms with Crippen LogP contribution in [0.1, 0.15) is 17.5 Å². The lowest BCUT2D eigenvalue weighted by Gasteiger charge is -2.17. The van der Waals surface area contributed by atoms with Crippen LogP contribution in [0.4, 0.5) is 5.69 Å². The second-order valence-electron chi connectivity index (χ2n) is 5.98. The molecule has 22 heavy (non-hydrogen) atoms. The highest BCUT2D eigenvalue weighted by Crippen LogP contribution is 2.39. The zero-order chi connectivity index (χ0) is 15.3. The Bertz CT molecular complexity index is 797. The lowest BCUT2D eigenvalue weighted by molar-refractivity contribution is -0.123. The standard InChI is InChI=1S/C18H16N2O2/c19-18(22)13-9-17(21)20(10-13)14-5-6-16-12(8-14)7-11-3-1-2-4-15(11)16/h1-6,8,13H,7,9-10H2,(H2,19,22)/t13-/m1/s1. The van der Waals surface area contributed by atoms with Crippen LogP contribution in [0, 0.1) is 5.92 Å². The molecule has 4 rings (SSSR count). The molecule has 1 aliphatic heterocycles. The van der Waals surface area contributed by atoms with Gasteiger partial charge in [0, 0.05) is 18.7 Å². The number of rotatable bonds is 2. The maximum atomic E-state index is 12.1. The highest BCUT2D eigenvalue weighted by Gasteiger charge is 2.34. The van der Waals surface area contributed by atoms with E-state index in [0.717, 1.165) is 12.1 Å². The Morgan fingerprint density at radius 2 is 1.86 bits per heavy atom. The molecule has 1 aliphatic carbocycles. The number of carbonyl (C=O) groups excluding carboxylic acids is 2. The van der Waals surface area contributed by atoms with E-state index in [1.54, 1.807) is 4.90 Å². The molecule has 2 aromatic rings. The summed E-state index contributed by atoms with van der Waals surface area (Å²) in [4.78, 5) is 25.1. The molecule has 110 valence electrons. The topological polar surface area (TPSA) is 63.4 Å². The molecule has 0 bridgehead atoms. The van der Waals surface area contributed by atoms with E-state index < -0.39 is 5.91 Å². The highest BCUT2D eigenvalue weighted by molar-refractivity contribution is 6.00. The van der Waals surface area contributed by atoms with Gasteiger partial charge in [-0.1, -0.05) is 30.3 Å². The first kappa shape index (κ1) is 13.1. The monoisotopic (exact) mass is 292 g/mol. The normalized spacial score (nSPS) is 19.2. The summed E-state index contributed by atoms with van der Waals surface area (Å²) >= 11 is 0. The molecule has 0 spiro atoms. The van der Waals surface area contributed by atoms with Crippen molar-refractivity contribution in [3.63, 3.8) is 0 Å². The van der Waals surface area contributed by atoms with Gasteiger partial charge in [-0.2, -0.15) is 0 Å². The SMILES string of the molecule is NC(=O)[C@@H]1CC(=O)N(c2ccc3c(c2)Cc2ccccc2-3)C1. The Labute approximate surface area is 128 Å². The Hall–Kier alpha value is -2.62. The molecule has 2 N–H and O–H groups in total. The highest BCUT2D eigenvalue weighted by atomic mass is 16.2. The first-order chi connectivity index (χ1) is 10.6. The molecule has 2 amide bonds. The summed E-state index contributed by atoms with van der Waals surface area (Å²) in [5, 5.41) is 0. The van der Waals surface area contributed by atoms with Gasteiger partial charge in [-0.05, 0) is 40.8 Å². The molecule has 2 aromatic carbocycles. The molecule has 0 radical (unpaired) electrons. The maximum absolute atomic E-state index is 12.1. The predicted octanol–water partition coefficient (Wildman–Crippen LogP) is 2.10. The van der Waals surface area contributed by atoms with E-state index >= 15 is 0 Å². The van der Waals surface area contributed by atoms with Crippen molar-refractivity contribution in [2.75, 3.05) is 11.4 Å². The number of amides is 2. The number of hydrogen-bond donors (Lipinski definition) is 1. The lowest BCUT2D eigenvalue weighted by atomic mass is 10.1. The van der Waals surface area contributed by atoms with Crippen molar-refractivity contribution in [2.24, 2.45) is 11.7 Å². The van der Waals surface area contributed by atoms with E-state index in [9.17, 15) is 9.59 Å². The van der Waals surface area contributed by atoms with Gasteiger partial charge in [0.2, 0.25) is 11.8 Å². The smallest absolute Gasteiger partial charge is 0.227 e. The van der Waals surface area contributed by atoms with Crippen molar-refractivity contribution >= 4 is 17.5 Å². The van der Waals surface area contributed by atoms with E-state index in [2.05, 4.69) is 24.3 Å². The van der Waals surface area contributed by atoms with E-state index in [1.807, 2.05) is 18.2 Å². The minimum absolute atomic E-state index is 0.0285. The van der Waals surface area contributed by atoms with Crippen LogP contribution in [0.15, 0.2) is 42.5 Å². The molecule has 4 heteroatoms. The van der Waals surface area contributed by atoms with Crippen molar-refractivity contribution in [2.45, 2.75) is 12.8 Å². The van der Waals surface area contributed by atoms with Crippen LogP contribution in [0.3, 0.4) is 0 Å². The number of primary amides is 1. The van der Waals surface area contributed by atoms with Crippen molar-refractivity contribution in [1.82, 2.24) is 0 Å². The largest absolute Gasteiger partial charge is 0.369 e. The molecule has 2 aliphatic rings. The lowest BCUT2D eigenvalue weighted by Crippen LogP contribution is -2.28. The first-order valence-electron chi connectivity index (χ1n) is 7.44. The molecule has 1 atom stereocenters. The van der Waals surface area contributed by atoms with Gasteiger partial charge in [0.1, 0.15) is 0 Å². The van der Waals surface area contributed by atoms with Crippen molar-refractivity contribution < 1.29 is 9.59 Å². The number of nitrogens with zero attached hydrogens (tertiary/aromatic N) is 1. The average Bonchev–Trinajstić information content (AvgIpc) is 3.07. The molecule has 0 aromatic heterocycles. The van der Waals surface area contributed by atoms with Gasteiger partial charge >= 0.3 is 0 Å². The number of anilines is 1. The van der Waals surface area contributed by atoms with Gasteiger partial charge in [0.15, 0.2) is 0 Å². The molecular weight excluding hydrogens is 276 g/mol. The number of carbonyl (C=O) groups is 2. The van der Waals surface area contributed by atoms with E-state index in [0.29, 0.717) is 6.54 Å². The maximum Gasteiger partial charge on any atom is 0.227 e. The van der Waals surface area contributed by atoms with Crippen LogP contribution < -0.4 is 10.6 Å². The Morgan fingerprint density at radius 1 is 1.09 bits per heavy atom. The summed E-state index contributed by atoms with van der Waals surface area (Å²) in [5.74, 6) is -0.804. The van der Waals surface area contributed by atoms with Crippen LogP contribution in [0.25, 0.3) is 11.1 Å². The van der Waals surface area contributed by atoms with E-state index in [1.165, 1.54) is 22.3 Å². The van der Waals surface area contributed by atoms with Gasteiger partial charge in [-0.15, -0.1) is 0 Å². The van der Waals surface area contributed by atoms with Crippen LogP contribution in [0.2, 0.25) is 0 Å². The van der Waals surface area contributed by atoms with Crippen LogP contribution in [-0.2, 0) is 16.0 Å². The minimum atomic E-state index is -0.399. The fourth-order valence-corrected chi connectivity index (χ4v) is 3.45. The molecule has 1 fully saturated rings. The Morgan fingerprint density at radius 3 is 2.64 bits per heavy atom. The fraction of sp³-hybridized carbons (Fsp3) is 0.222. The van der Waals surface area contributed by atoms with E-state index in [4.69, 9.17) is 5.73 Å². The predicted molar refractivity (Wildman–Crippen MR) is 84.3 cm³/mol. The number of fused-ring (bicyclic) bond motifs is 3. The van der Waals surface area contributed by atoms with Gasteiger partial charge < -0.3 is 10.6 Å². The van der Waals surface area contributed by atoms with Crippen molar-refractivity contribution in [3.8, 4) is 11.1 Å². The van der Waals surface area contributed by atoms with Gasteiger partial charge in [-0.3, -0.25) is 9.59 Å². The third kappa shape index (κ3) is 1.91. The summed E-state index contributed by atoms with van der Waals surface area (Å²) in [7, 11) is 0. The van der Waals surface area contributed by atoms with Crippen molar-refractivity contribution in [1.29, 1.82) is 0 Å². The van der Waals surface area contributed by atoms with Crippen molar-refractivity contribution in [3.05, 3.63) is 53.6 Å². The summed E-state index contributed by atoms with van der Waals surface area (Å²) in [6.45, 7) is 0.389. The Balaban J connectivity index is 1.68. The minimum Gasteiger partial charge on any atom is -0.369 e. The molecule has 0 unspecified atom stereocenters. The third-order valence-electron chi connectivity index (χ3n) is 4.62. The van der Waals surface area contributed by atoms with Crippen LogP contribution in [0.5, 0.6) is 0 Å². The first-order valence-corrected chi connectivity index (χ1v) is 7.44.